The Kier molecular flexibility index (Phi) is 25.0. The molecule has 0 bridgehead atoms. The van der Waals surface area contributed by atoms with Gasteiger partial charge in [-0.15, -0.1) is 0 Å². The second-order valence-corrected chi connectivity index (χ2v) is 7.89. The third kappa shape index (κ3) is 27.8. The summed E-state index contributed by atoms with van der Waals surface area (Å²) in [5, 5.41) is 0. The predicted octanol–water partition coefficient (Wildman–Crippen LogP) is 6.22. The SMILES string of the molecule is CCCCCCCCCCCCCCCCCCCOS(=O)(=O)F.[KH]. The molecule has 0 aromatic heterocycles. The first-order chi connectivity index (χ1) is 11.6. The van der Waals surface area contributed by atoms with Crippen LogP contribution >= 0.6 is 0 Å². The molecule has 0 saturated heterocycles. The normalized spacial score (nSPS) is 11.4. The van der Waals surface area contributed by atoms with E-state index in [0.717, 1.165) is 12.8 Å². The van der Waals surface area contributed by atoms with Crippen LogP contribution in [0.5, 0.6) is 0 Å². The molecule has 0 unspecified atom stereocenters. The molecule has 0 spiro atoms. The molecule has 25 heavy (non-hydrogen) atoms. The van der Waals surface area contributed by atoms with Crippen LogP contribution in [0.3, 0.4) is 0 Å². The van der Waals surface area contributed by atoms with E-state index in [2.05, 4.69) is 11.1 Å². The van der Waals surface area contributed by atoms with Crippen molar-refractivity contribution in [2.24, 2.45) is 0 Å². The second kappa shape index (κ2) is 21.8. The van der Waals surface area contributed by atoms with Crippen molar-refractivity contribution in [1.82, 2.24) is 0 Å². The third-order valence-corrected chi connectivity index (χ3v) is 4.92. The summed E-state index contributed by atoms with van der Waals surface area (Å²) in [6.07, 6.45) is 21.6. The minimum absolute atomic E-state index is 0. The van der Waals surface area contributed by atoms with Gasteiger partial charge in [-0.3, -0.25) is 0 Å². The number of hydrogen-bond acceptors (Lipinski definition) is 3. The molecule has 0 aliphatic carbocycles. The topological polar surface area (TPSA) is 43.4 Å². The molecule has 0 N–H and O–H groups in total. The summed E-state index contributed by atoms with van der Waals surface area (Å²) in [7, 11) is -4.75. The summed E-state index contributed by atoms with van der Waals surface area (Å²) in [6.45, 7) is 2.23. The van der Waals surface area contributed by atoms with Crippen molar-refractivity contribution in [3.8, 4) is 0 Å². The Morgan fingerprint density at radius 2 is 0.880 bits per heavy atom. The van der Waals surface area contributed by atoms with E-state index in [1.807, 2.05) is 0 Å². The van der Waals surface area contributed by atoms with Gasteiger partial charge in [-0.1, -0.05) is 114 Å². The summed E-state index contributed by atoms with van der Waals surface area (Å²) < 4.78 is 36.3. The average Bonchev–Trinajstić information content (AvgIpc) is 2.52. The van der Waals surface area contributed by atoms with Crippen molar-refractivity contribution in [2.45, 2.75) is 116 Å². The van der Waals surface area contributed by atoms with Crippen molar-refractivity contribution in [3.63, 3.8) is 0 Å². The number of hydrogen-bond donors (Lipinski definition) is 0. The Balaban J connectivity index is 0. The van der Waals surface area contributed by atoms with Gasteiger partial charge in [-0.2, -0.15) is 8.42 Å². The molecule has 0 amide bonds. The Morgan fingerprint density at radius 1 is 0.600 bits per heavy atom. The molecule has 148 valence electrons. The van der Waals surface area contributed by atoms with Gasteiger partial charge < -0.3 is 0 Å². The van der Waals surface area contributed by atoms with Gasteiger partial charge in [0.25, 0.3) is 0 Å². The van der Waals surface area contributed by atoms with E-state index in [4.69, 9.17) is 0 Å². The Bertz CT molecular complexity index is 351. The summed E-state index contributed by atoms with van der Waals surface area (Å²) in [5.74, 6) is 0. The van der Waals surface area contributed by atoms with E-state index in [0.29, 0.717) is 6.42 Å². The third-order valence-electron chi connectivity index (χ3n) is 4.47. The Hall–Kier alpha value is 1.48. The number of halogens is 1. The molecule has 0 atom stereocenters. The fourth-order valence-electron chi connectivity index (χ4n) is 2.99. The molecule has 0 heterocycles. The van der Waals surface area contributed by atoms with Gasteiger partial charge in [0.1, 0.15) is 0 Å². The minimum atomic E-state index is -4.75. The van der Waals surface area contributed by atoms with Crippen molar-refractivity contribution in [3.05, 3.63) is 0 Å². The van der Waals surface area contributed by atoms with Crippen LogP contribution in [0, 0.1) is 0 Å². The molecule has 3 nitrogen and oxygen atoms in total. The van der Waals surface area contributed by atoms with E-state index in [-0.39, 0.29) is 58.0 Å². The van der Waals surface area contributed by atoms with Gasteiger partial charge in [0, 0.05) is 0 Å². The van der Waals surface area contributed by atoms with Gasteiger partial charge in [0.05, 0.1) is 6.61 Å². The average molecular weight is 407 g/mol. The van der Waals surface area contributed by atoms with Gasteiger partial charge in [0.15, 0.2) is 0 Å². The fraction of sp³-hybridized carbons (Fsp3) is 1.00. The van der Waals surface area contributed by atoms with Crippen LogP contribution in [0.1, 0.15) is 116 Å². The zero-order valence-corrected chi connectivity index (χ0v) is 16.6. The van der Waals surface area contributed by atoms with E-state index < -0.39 is 10.5 Å². The van der Waals surface area contributed by atoms with Crippen molar-refractivity contribution >= 4 is 61.9 Å². The second-order valence-electron chi connectivity index (χ2n) is 6.87. The van der Waals surface area contributed by atoms with Crippen LogP contribution in [0.4, 0.5) is 3.89 Å². The van der Waals surface area contributed by atoms with Gasteiger partial charge in [0.2, 0.25) is 0 Å². The quantitative estimate of drug-likeness (QED) is 0.145. The standard InChI is InChI=1S/C19H39FO3S.K.H/c1-2-3-4-5-6-7-8-9-10-11-12-13-14-15-16-17-18-19-23-24(20,21)22;;/h2-19H2,1H3;;. The molecule has 0 aromatic carbocycles. The summed E-state index contributed by atoms with van der Waals surface area (Å²) >= 11 is 0. The predicted molar refractivity (Wildman–Crippen MR) is 107 cm³/mol. The zero-order chi connectivity index (χ0) is 17.9. The summed E-state index contributed by atoms with van der Waals surface area (Å²) in [6, 6.07) is 0. The van der Waals surface area contributed by atoms with Crippen LogP contribution in [-0.4, -0.2) is 66.4 Å². The van der Waals surface area contributed by atoms with Crippen LogP contribution in [-0.2, 0) is 14.7 Å². The maximum absolute atomic E-state index is 12.0. The van der Waals surface area contributed by atoms with E-state index >= 15 is 0 Å². The van der Waals surface area contributed by atoms with Crippen LogP contribution in [0.15, 0.2) is 0 Å². The first kappa shape index (κ1) is 28.7. The van der Waals surface area contributed by atoms with E-state index in [1.165, 1.54) is 89.9 Å². The molecule has 0 rings (SSSR count). The molecule has 0 aromatic rings. The zero-order valence-electron chi connectivity index (χ0n) is 15.7. The first-order valence-corrected chi connectivity index (χ1v) is 11.5. The number of unbranched alkanes of at least 4 members (excludes halogenated alkanes) is 16. The maximum atomic E-state index is 12.0. The molecular formula is C19H40FKO3S. The number of rotatable bonds is 19. The molecule has 0 fully saturated rings. The van der Waals surface area contributed by atoms with E-state index in [1.54, 1.807) is 0 Å². The molecule has 0 aliphatic heterocycles. The van der Waals surface area contributed by atoms with Crippen molar-refractivity contribution < 1.29 is 16.5 Å². The fourth-order valence-corrected chi connectivity index (χ4v) is 3.30. The van der Waals surface area contributed by atoms with Crippen LogP contribution < -0.4 is 0 Å². The Labute approximate surface area is 199 Å². The van der Waals surface area contributed by atoms with Crippen molar-refractivity contribution in [1.29, 1.82) is 0 Å². The van der Waals surface area contributed by atoms with Gasteiger partial charge in [-0.05, 0) is 6.42 Å². The van der Waals surface area contributed by atoms with Crippen molar-refractivity contribution in [2.75, 3.05) is 6.61 Å². The molecular weight excluding hydrogens is 366 g/mol. The van der Waals surface area contributed by atoms with Crippen LogP contribution in [0.2, 0.25) is 0 Å². The first-order valence-electron chi connectivity index (χ1n) is 10.2. The summed E-state index contributed by atoms with van der Waals surface area (Å²) in [4.78, 5) is 0. The molecule has 6 heteroatoms. The molecule has 0 saturated carbocycles. The van der Waals surface area contributed by atoms with E-state index in [9.17, 15) is 12.3 Å². The molecule has 0 aliphatic rings. The summed E-state index contributed by atoms with van der Waals surface area (Å²) in [5.41, 5.74) is 0. The Morgan fingerprint density at radius 3 is 1.16 bits per heavy atom. The van der Waals surface area contributed by atoms with Crippen LogP contribution in [0.25, 0.3) is 0 Å². The molecule has 0 radical (unpaired) electrons. The van der Waals surface area contributed by atoms with Gasteiger partial charge in [-0.25, -0.2) is 4.18 Å². The monoisotopic (exact) mass is 406 g/mol. The van der Waals surface area contributed by atoms with Gasteiger partial charge >= 0.3 is 61.9 Å².